The molecule has 0 bridgehead atoms. The van der Waals surface area contributed by atoms with Crippen molar-refractivity contribution < 1.29 is 18.0 Å². The van der Waals surface area contributed by atoms with Crippen molar-refractivity contribution in [2.75, 3.05) is 5.32 Å². The largest absolute Gasteiger partial charge is 0.453 e. The fraction of sp³-hybridized carbons (Fsp3) is 0.143. The van der Waals surface area contributed by atoms with Crippen molar-refractivity contribution in [3.8, 4) is 0 Å². The third-order valence-electron chi connectivity index (χ3n) is 2.94. The van der Waals surface area contributed by atoms with Crippen LogP contribution in [0.15, 0.2) is 29.7 Å². The summed E-state index contributed by atoms with van der Waals surface area (Å²) >= 11 is 1.47. The van der Waals surface area contributed by atoms with Gasteiger partial charge in [-0.05, 0) is 24.4 Å². The molecule has 24 heavy (non-hydrogen) atoms. The molecule has 0 unspecified atom stereocenters. The lowest BCUT2D eigenvalue weighted by Crippen LogP contribution is -2.11. The van der Waals surface area contributed by atoms with Crippen LogP contribution in [0.4, 0.5) is 19.0 Å². The van der Waals surface area contributed by atoms with E-state index >= 15 is 0 Å². The molecular formula is C14H10F3N5OS. The molecule has 0 saturated carbocycles. The van der Waals surface area contributed by atoms with Crippen LogP contribution < -0.4 is 5.32 Å². The maximum absolute atomic E-state index is 12.7. The second kappa shape index (κ2) is 6.04. The summed E-state index contributed by atoms with van der Waals surface area (Å²) in [6.07, 6.45) is -1.71. The van der Waals surface area contributed by atoms with Crippen molar-refractivity contribution in [2.45, 2.75) is 13.1 Å². The molecule has 3 aromatic rings. The first-order valence-electron chi connectivity index (χ1n) is 6.67. The second-order valence-corrected chi connectivity index (χ2v) is 5.75. The van der Waals surface area contributed by atoms with Crippen molar-refractivity contribution in [1.82, 2.24) is 19.6 Å². The highest BCUT2D eigenvalue weighted by atomic mass is 32.1. The van der Waals surface area contributed by atoms with E-state index in [9.17, 15) is 18.0 Å². The Hall–Kier alpha value is -2.75. The van der Waals surface area contributed by atoms with Crippen LogP contribution in [0.1, 0.15) is 16.4 Å². The third-order valence-corrected chi connectivity index (χ3v) is 3.77. The van der Waals surface area contributed by atoms with Gasteiger partial charge in [0.25, 0.3) is 11.6 Å². The minimum atomic E-state index is -4.66. The van der Waals surface area contributed by atoms with Gasteiger partial charge in [0, 0.05) is 22.7 Å². The zero-order chi connectivity index (χ0) is 17.3. The maximum atomic E-state index is 12.7. The normalized spacial score (nSPS) is 12.2. The standard InChI is InChI=1S/C14H10F3N5OS/c1-8-7-10(18-11(23)5-4-9-3-2-6-24-9)19-13-20-12(14(15,16)17)21-22(8)13/h2-7H,1H3,(H,18,19,20,21,23)/b5-4+. The Balaban J connectivity index is 1.83. The topological polar surface area (TPSA) is 72.2 Å². The predicted octanol–water partition coefficient (Wildman–Crippen LogP) is 3.16. The maximum Gasteiger partial charge on any atom is 0.453 e. The van der Waals surface area contributed by atoms with Crippen LogP contribution >= 0.6 is 11.3 Å². The van der Waals surface area contributed by atoms with E-state index in [-0.39, 0.29) is 11.6 Å². The molecule has 3 heterocycles. The van der Waals surface area contributed by atoms with Crippen molar-refractivity contribution in [3.63, 3.8) is 0 Å². The first-order chi connectivity index (χ1) is 11.3. The summed E-state index contributed by atoms with van der Waals surface area (Å²) in [7, 11) is 0. The van der Waals surface area contributed by atoms with Gasteiger partial charge in [-0.3, -0.25) is 4.79 Å². The summed E-state index contributed by atoms with van der Waals surface area (Å²) in [5, 5.41) is 7.73. The lowest BCUT2D eigenvalue weighted by Gasteiger charge is -2.03. The minimum Gasteiger partial charge on any atom is -0.307 e. The lowest BCUT2D eigenvalue weighted by molar-refractivity contribution is -0.144. The zero-order valence-electron chi connectivity index (χ0n) is 12.2. The van der Waals surface area contributed by atoms with E-state index in [0.29, 0.717) is 5.69 Å². The molecule has 0 aliphatic rings. The van der Waals surface area contributed by atoms with Gasteiger partial charge in [-0.15, -0.1) is 16.4 Å². The van der Waals surface area contributed by atoms with E-state index in [1.165, 1.54) is 23.5 Å². The fourth-order valence-electron chi connectivity index (χ4n) is 1.91. The van der Waals surface area contributed by atoms with Gasteiger partial charge in [-0.2, -0.15) is 23.1 Å². The predicted molar refractivity (Wildman–Crippen MR) is 82.5 cm³/mol. The molecule has 0 aliphatic carbocycles. The fourth-order valence-corrected chi connectivity index (χ4v) is 2.53. The van der Waals surface area contributed by atoms with Gasteiger partial charge in [0.2, 0.25) is 5.91 Å². The lowest BCUT2D eigenvalue weighted by atomic mass is 10.4. The van der Waals surface area contributed by atoms with E-state index < -0.39 is 17.9 Å². The van der Waals surface area contributed by atoms with Gasteiger partial charge in [-0.25, -0.2) is 4.52 Å². The number of thiophene rings is 1. The van der Waals surface area contributed by atoms with Crippen molar-refractivity contribution in [2.24, 2.45) is 0 Å². The molecular weight excluding hydrogens is 343 g/mol. The molecule has 6 nitrogen and oxygen atoms in total. The second-order valence-electron chi connectivity index (χ2n) is 4.77. The van der Waals surface area contributed by atoms with E-state index in [2.05, 4.69) is 20.4 Å². The van der Waals surface area contributed by atoms with E-state index in [0.717, 1.165) is 9.39 Å². The summed E-state index contributed by atoms with van der Waals surface area (Å²) in [5.74, 6) is -1.86. The van der Waals surface area contributed by atoms with Gasteiger partial charge in [0.05, 0.1) is 0 Å². The Morgan fingerprint density at radius 2 is 2.17 bits per heavy atom. The molecule has 0 aliphatic heterocycles. The number of anilines is 1. The van der Waals surface area contributed by atoms with Crippen molar-refractivity contribution in [1.29, 1.82) is 0 Å². The third kappa shape index (κ3) is 3.43. The number of hydrogen-bond donors (Lipinski definition) is 1. The monoisotopic (exact) mass is 353 g/mol. The Morgan fingerprint density at radius 3 is 2.83 bits per heavy atom. The van der Waals surface area contributed by atoms with Crippen molar-refractivity contribution >= 4 is 34.9 Å². The number of nitrogens with one attached hydrogen (secondary N) is 1. The Bertz CT molecular complexity index is 915. The number of carbonyl (C=O) groups excluding carboxylic acids is 1. The average molecular weight is 353 g/mol. The van der Waals surface area contributed by atoms with Gasteiger partial charge in [0.15, 0.2) is 0 Å². The quantitative estimate of drug-likeness (QED) is 0.734. The number of hydrogen-bond acceptors (Lipinski definition) is 5. The van der Waals surface area contributed by atoms with Crippen molar-refractivity contribution in [3.05, 3.63) is 46.1 Å². The molecule has 0 fully saturated rings. The molecule has 3 aromatic heterocycles. The highest BCUT2D eigenvalue weighted by Gasteiger charge is 2.36. The molecule has 0 aromatic carbocycles. The highest BCUT2D eigenvalue weighted by Crippen LogP contribution is 2.26. The SMILES string of the molecule is Cc1cc(NC(=O)/C=C/c2cccs2)nc2nc(C(F)(F)F)nn12. The molecule has 10 heteroatoms. The van der Waals surface area contributed by atoms with Gasteiger partial charge in [-0.1, -0.05) is 6.07 Å². The number of aryl methyl sites for hydroxylation is 1. The first kappa shape index (κ1) is 16.1. The molecule has 0 radical (unpaired) electrons. The first-order valence-corrected chi connectivity index (χ1v) is 7.55. The summed E-state index contributed by atoms with van der Waals surface area (Å²) < 4.78 is 39.0. The smallest absolute Gasteiger partial charge is 0.307 e. The number of amides is 1. The Morgan fingerprint density at radius 1 is 1.38 bits per heavy atom. The number of carbonyl (C=O) groups is 1. The van der Waals surface area contributed by atoms with E-state index in [1.807, 2.05) is 17.5 Å². The minimum absolute atomic E-state index is 0.0990. The van der Waals surface area contributed by atoms with Gasteiger partial charge >= 0.3 is 6.18 Å². The molecule has 0 spiro atoms. The summed E-state index contributed by atoms with van der Waals surface area (Å²) in [5.41, 5.74) is 0.362. The number of halogens is 3. The number of fused-ring (bicyclic) bond motifs is 1. The van der Waals surface area contributed by atoms with E-state index in [4.69, 9.17) is 0 Å². The summed E-state index contributed by atoms with van der Waals surface area (Å²) in [6.45, 7) is 1.54. The molecule has 3 rings (SSSR count). The Labute approximate surface area is 137 Å². The zero-order valence-corrected chi connectivity index (χ0v) is 13.0. The summed E-state index contributed by atoms with van der Waals surface area (Å²) in [4.78, 5) is 20.0. The highest BCUT2D eigenvalue weighted by molar-refractivity contribution is 7.10. The molecule has 0 saturated heterocycles. The number of nitrogens with zero attached hydrogens (tertiary/aromatic N) is 4. The van der Waals surface area contributed by atoms with Crippen LogP contribution in [0, 0.1) is 6.92 Å². The average Bonchev–Trinajstić information content (AvgIpc) is 3.13. The van der Waals surface area contributed by atoms with Crippen LogP contribution in [-0.4, -0.2) is 25.5 Å². The molecule has 0 atom stereocenters. The molecule has 124 valence electrons. The number of aromatic nitrogens is 4. The summed E-state index contributed by atoms with van der Waals surface area (Å²) in [6, 6.07) is 5.11. The van der Waals surface area contributed by atoms with E-state index in [1.54, 1.807) is 13.0 Å². The number of alkyl halides is 3. The van der Waals surface area contributed by atoms with Gasteiger partial charge in [0.1, 0.15) is 5.82 Å². The Kier molecular flexibility index (Phi) is 4.06. The van der Waals surface area contributed by atoms with Crippen LogP contribution in [0.3, 0.4) is 0 Å². The number of rotatable bonds is 3. The molecule has 1 amide bonds. The van der Waals surface area contributed by atoms with Crippen LogP contribution in [0.25, 0.3) is 11.9 Å². The van der Waals surface area contributed by atoms with Crippen LogP contribution in [-0.2, 0) is 11.0 Å². The molecule has 1 N–H and O–H groups in total. The van der Waals surface area contributed by atoms with Gasteiger partial charge < -0.3 is 5.32 Å². The van der Waals surface area contributed by atoms with Crippen LogP contribution in [0.2, 0.25) is 0 Å². The van der Waals surface area contributed by atoms with Crippen LogP contribution in [0.5, 0.6) is 0 Å².